The number of benzene rings is 1. The van der Waals surface area contributed by atoms with Crippen LogP contribution in [0.15, 0.2) is 48.7 Å². The average Bonchev–Trinajstić information content (AvgIpc) is 2.91. The van der Waals surface area contributed by atoms with Crippen molar-refractivity contribution in [3.8, 4) is 0 Å². The zero-order valence-electron chi connectivity index (χ0n) is 11.4. The highest BCUT2D eigenvalue weighted by Gasteiger charge is 2.12. The minimum absolute atomic E-state index is 0.379. The Morgan fingerprint density at radius 3 is 2.71 bits per heavy atom. The van der Waals surface area contributed by atoms with E-state index in [-0.39, 0.29) is 5.97 Å². The Morgan fingerprint density at radius 2 is 2.00 bits per heavy atom. The first kappa shape index (κ1) is 13.6. The van der Waals surface area contributed by atoms with Gasteiger partial charge in [-0.05, 0) is 29.8 Å². The number of nitrogens with zero attached hydrogens (tertiary/aromatic N) is 2. The van der Waals surface area contributed by atoms with Crippen LogP contribution in [0.1, 0.15) is 21.7 Å². The monoisotopic (exact) mass is 300 g/mol. The van der Waals surface area contributed by atoms with Crippen molar-refractivity contribution in [1.82, 2.24) is 9.38 Å². The number of rotatable bonds is 3. The van der Waals surface area contributed by atoms with Gasteiger partial charge in [0.15, 0.2) is 0 Å². The van der Waals surface area contributed by atoms with E-state index in [4.69, 9.17) is 16.3 Å². The normalized spacial score (nSPS) is 10.8. The molecule has 0 saturated heterocycles. The second-order valence-corrected chi connectivity index (χ2v) is 5.10. The molecule has 21 heavy (non-hydrogen) atoms. The van der Waals surface area contributed by atoms with Crippen molar-refractivity contribution in [3.63, 3.8) is 0 Å². The molecule has 3 rings (SSSR count). The number of carbonyl (C=O) groups is 1. The number of halogens is 1. The fourth-order valence-corrected chi connectivity index (χ4v) is 2.35. The second kappa shape index (κ2) is 5.58. The Balaban J connectivity index is 1.97. The second-order valence-electron chi connectivity index (χ2n) is 4.67. The molecular formula is C16H13ClN2O2. The summed E-state index contributed by atoms with van der Waals surface area (Å²) >= 11 is 5.88. The number of aromatic nitrogens is 2. The van der Waals surface area contributed by atoms with Gasteiger partial charge in [0.2, 0.25) is 0 Å². The summed E-state index contributed by atoms with van der Waals surface area (Å²) in [6.07, 6.45) is 2.54. The van der Waals surface area contributed by atoms with Gasteiger partial charge in [0, 0.05) is 17.6 Å². The molecular weight excluding hydrogens is 288 g/mol. The fourth-order valence-electron chi connectivity index (χ4n) is 2.23. The molecule has 0 radical (unpaired) electrons. The van der Waals surface area contributed by atoms with Crippen LogP contribution >= 0.6 is 11.6 Å². The third-order valence-electron chi connectivity index (χ3n) is 3.24. The molecule has 0 aliphatic carbocycles. The molecule has 2 aromatic heterocycles. The van der Waals surface area contributed by atoms with Crippen molar-refractivity contribution in [1.29, 1.82) is 0 Å². The van der Waals surface area contributed by atoms with Crippen molar-refractivity contribution >= 4 is 23.2 Å². The van der Waals surface area contributed by atoms with E-state index < -0.39 is 0 Å². The topological polar surface area (TPSA) is 43.6 Å². The van der Waals surface area contributed by atoms with E-state index in [1.165, 1.54) is 7.11 Å². The van der Waals surface area contributed by atoms with Crippen molar-refractivity contribution < 1.29 is 9.53 Å². The highest BCUT2D eigenvalue weighted by molar-refractivity contribution is 6.30. The molecule has 0 aliphatic heterocycles. The van der Waals surface area contributed by atoms with E-state index in [0.29, 0.717) is 17.1 Å². The van der Waals surface area contributed by atoms with Crippen molar-refractivity contribution in [2.75, 3.05) is 7.11 Å². The molecule has 2 heterocycles. The van der Waals surface area contributed by atoms with Crippen molar-refractivity contribution in [3.05, 3.63) is 70.6 Å². The Morgan fingerprint density at radius 1 is 1.24 bits per heavy atom. The lowest BCUT2D eigenvalue weighted by atomic mass is 10.1. The summed E-state index contributed by atoms with van der Waals surface area (Å²) in [4.78, 5) is 16.3. The van der Waals surface area contributed by atoms with Crippen LogP contribution in [0, 0.1) is 0 Å². The number of hydrogen-bond acceptors (Lipinski definition) is 3. The average molecular weight is 301 g/mol. The highest BCUT2D eigenvalue weighted by Crippen LogP contribution is 2.15. The predicted molar refractivity (Wildman–Crippen MR) is 80.8 cm³/mol. The van der Waals surface area contributed by atoms with Gasteiger partial charge in [-0.15, -0.1) is 0 Å². The number of ether oxygens (including phenoxy) is 1. The van der Waals surface area contributed by atoms with Gasteiger partial charge in [-0.1, -0.05) is 29.8 Å². The number of pyridine rings is 1. The number of carbonyl (C=O) groups excluding carboxylic acids is 1. The van der Waals surface area contributed by atoms with Crippen LogP contribution in [0.4, 0.5) is 0 Å². The zero-order chi connectivity index (χ0) is 14.8. The lowest BCUT2D eigenvalue weighted by Gasteiger charge is -2.01. The number of imidazole rings is 1. The van der Waals surface area contributed by atoms with Crippen LogP contribution in [0.25, 0.3) is 5.65 Å². The quantitative estimate of drug-likeness (QED) is 0.697. The number of esters is 1. The van der Waals surface area contributed by atoms with Crippen LogP contribution in [0.2, 0.25) is 5.02 Å². The van der Waals surface area contributed by atoms with Crippen LogP contribution in [-0.2, 0) is 11.2 Å². The summed E-state index contributed by atoms with van der Waals surface area (Å²) in [5.74, 6) is -0.379. The summed E-state index contributed by atoms with van der Waals surface area (Å²) in [7, 11) is 1.37. The SMILES string of the molecule is COC(=O)c1cccc2nc(Cc3ccc(Cl)cc3)cn12. The number of fused-ring (bicyclic) bond motifs is 1. The van der Waals surface area contributed by atoms with E-state index in [9.17, 15) is 4.79 Å². The first-order valence-electron chi connectivity index (χ1n) is 6.47. The van der Waals surface area contributed by atoms with Gasteiger partial charge in [0.1, 0.15) is 11.3 Å². The Kier molecular flexibility index (Phi) is 3.62. The van der Waals surface area contributed by atoms with Crippen LogP contribution in [0.5, 0.6) is 0 Å². The summed E-state index contributed by atoms with van der Waals surface area (Å²) in [5, 5.41) is 0.710. The Hall–Kier alpha value is -2.33. The van der Waals surface area contributed by atoms with E-state index >= 15 is 0 Å². The third kappa shape index (κ3) is 2.76. The van der Waals surface area contributed by atoms with E-state index in [1.54, 1.807) is 16.5 Å². The van der Waals surface area contributed by atoms with Crippen LogP contribution < -0.4 is 0 Å². The Bertz CT molecular complexity index is 794. The van der Waals surface area contributed by atoms with Crippen molar-refractivity contribution in [2.45, 2.75) is 6.42 Å². The molecule has 0 atom stereocenters. The summed E-state index contributed by atoms with van der Waals surface area (Å²) in [6, 6.07) is 13.0. The summed E-state index contributed by atoms with van der Waals surface area (Å²) in [5.41, 5.74) is 3.18. The smallest absolute Gasteiger partial charge is 0.355 e. The molecule has 106 valence electrons. The number of methoxy groups -OCH3 is 1. The Labute approximate surface area is 126 Å². The minimum atomic E-state index is -0.379. The van der Waals surface area contributed by atoms with Gasteiger partial charge in [0.05, 0.1) is 12.8 Å². The molecule has 3 aromatic rings. The molecule has 0 saturated carbocycles. The fraction of sp³-hybridized carbons (Fsp3) is 0.125. The number of hydrogen-bond donors (Lipinski definition) is 0. The van der Waals surface area contributed by atoms with Crippen LogP contribution in [0.3, 0.4) is 0 Å². The lowest BCUT2D eigenvalue weighted by Crippen LogP contribution is -2.06. The first-order chi connectivity index (χ1) is 10.2. The van der Waals surface area contributed by atoms with Gasteiger partial charge in [0.25, 0.3) is 0 Å². The minimum Gasteiger partial charge on any atom is -0.464 e. The van der Waals surface area contributed by atoms with Crippen molar-refractivity contribution in [2.24, 2.45) is 0 Å². The van der Waals surface area contributed by atoms with E-state index in [1.807, 2.05) is 36.5 Å². The van der Waals surface area contributed by atoms with Gasteiger partial charge >= 0.3 is 5.97 Å². The maximum absolute atomic E-state index is 11.7. The third-order valence-corrected chi connectivity index (χ3v) is 3.49. The molecule has 0 aliphatic rings. The molecule has 0 unspecified atom stereocenters. The molecule has 0 spiro atoms. The first-order valence-corrected chi connectivity index (χ1v) is 6.85. The molecule has 0 N–H and O–H groups in total. The molecule has 0 bridgehead atoms. The maximum Gasteiger partial charge on any atom is 0.355 e. The standard InChI is InChI=1S/C16H13ClN2O2/c1-21-16(20)14-3-2-4-15-18-13(10-19(14)15)9-11-5-7-12(17)8-6-11/h2-8,10H,9H2,1H3. The van der Waals surface area contributed by atoms with E-state index in [0.717, 1.165) is 16.9 Å². The lowest BCUT2D eigenvalue weighted by molar-refractivity contribution is 0.0592. The van der Waals surface area contributed by atoms with Gasteiger partial charge in [-0.3, -0.25) is 4.40 Å². The van der Waals surface area contributed by atoms with Crippen LogP contribution in [-0.4, -0.2) is 22.5 Å². The maximum atomic E-state index is 11.7. The zero-order valence-corrected chi connectivity index (χ0v) is 12.2. The molecule has 5 heteroatoms. The highest BCUT2D eigenvalue weighted by atomic mass is 35.5. The van der Waals surface area contributed by atoms with Gasteiger partial charge in [-0.2, -0.15) is 0 Å². The van der Waals surface area contributed by atoms with Gasteiger partial charge in [-0.25, -0.2) is 9.78 Å². The molecule has 0 amide bonds. The molecule has 0 fully saturated rings. The summed E-state index contributed by atoms with van der Waals surface area (Å²) in [6.45, 7) is 0. The largest absolute Gasteiger partial charge is 0.464 e. The summed E-state index contributed by atoms with van der Waals surface area (Å²) < 4.78 is 6.53. The molecule has 1 aromatic carbocycles. The molecule has 4 nitrogen and oxygen atoms in total. The van der Waals surface area contributed by atoms with E-state index in [2.05, 4.69) is 4.98 Å². The predicted octanol–water partition coefficient (Wildman–Crippen LogP) is 3.37. The van der Waals surface area contributed by atoms with Gasteiger partial charge < -0.3 is 4.74 Å².